The van der Waals surface area contributed by atoms with E-state index >= 15 is 0 Å². The first kappa shape index (κ1) is 16.0. The smallest absolute Gasteiger partial charge is 0.494 e. The monoisotopic (exact) mass is 267 g/mol. The molecule has 1 aliphatic heterocycles. The summed E-state index contributed by atoms with van der Waals surface area (Å²) in [4.78, 5) is 0. The molecule has 0 unspecified atom stereocenters. The Balaban J connectivity index is 0.000000861. The predicted molar refractivity (Wildman–Crippen MR) is 75.5 cm³/mol. The second kappa shape index (κ2) is 8.17. The molecule has 0 radical (unpaired) electrons. The molecule has 106 valence electrons. The fraction of sp³-hybridized carbons (Fsp3) is 0.538. The summed E-state index contributed by atoms with van der Waals surface area (Å²) >= 11 is 0. The zero-order chi connectivity index (χ0) is 14.3. The van der Waals surface area contributed by atoms with Crippen LogP contribution in [0, 0.1) is 0 Å². The SMILES string of the molecule is CC.NC[C@H]1OB(O)c2c(OCCCO)cccc21. The third kappa shape index (κ3) is 3.70. The van der Waals surface area contributed by atoms with E-state index in [9.17, 15) is 5.02 Å². The molecule has 4 N–H and O–H groups in total. The number of benzene rings is 1. The molecule has 0 bridgehead atoms. The molecule has 0 spiro atoms. The summed E-state index contributed by atoms with van der Waals surface area (Å²) < 4.78 is 10.8. The molecule has 1 aromatic rings. The minimum absolute atomic E-state index is 0.0828. The summed E-state index contributed by atoms with van der Waals surface area (Å²) in [5.41, 5.74) is 7.10. The molecule has 1 aromatic carbocycles. The van der Waals surface area contributed by atoms with Crippen LogP contribution in [0.3, 0.4) is 0 Å². The van der Waals surface area contributed by atoms with Crippen LogP contribution in [0.5, 0.6) is 5.75 Å². The zero-order valence-electron chi connectivity index (χ0n) is 11.5. The molecular weight excluding hydrogens is 245 g/mol. The maximum Gasteiger partial charge on any atom is 0.495 e. The second-order valence-electron chi connectivity index (χ2n) is 3.90. The number of ether oxygens (including phenoxy) is 1. The third-order valence-corrected chi connectivity index (χ3v) is 2.76. The van der Waals surface area contributed by atoms with Gasteiger partial charge in [-0.1, -0.05) is 26.0 Å². The van der Waals surface area contributed by atoms with E-state index in [-0.39, 0.29) is 12.7 Å². The summed E-state index contributed by atoms with van der Waals surface area (Å²) in [5, 5.41) is 18.5. The number of aliphatic hydroxyl groups is 1. The van der Waals surface area contributed by atoms with Gasteiger partial charge in [0.1, 0.15) is 5.75 Å². The van der Waals surface area contributed by atoms with E-state index in [1.54, 1.807) is 6.07 Å². The highest BCUT2D eigenvalue weighted by Crippen LogP contribution is 2.26. The average Bonchev–Trinajstić information content (AvgIpc) is 2.79. The van der Waals surface area contributed by atoms with E-state index < -0.39 is 7.12 Å². The van der Waals surface area contributed by atoms with Crippen molar-refractivity contribution in [3.63, 3.8) is 0 Å². The van der Waals surface area contributed by atoms with Gasteiger partial charge in [-0.05, 0) is 11.6 Å². The van der Waals surface area contributed by atoms with Crippen molar-refractivity contribution in [3.05, 3.63) is 23.8 Å². The van der Waals surface area contributed by atoms with Gasteiger partial charge in [-0.2, -0.15) is 0 Å². The Morgan fingerprint density at radius 3 is 2.79 bits per heavy atom. The van der Waals surface area contributed by atoms with Crippen molar-refractivity contribution in [1.29, 1.82) is 0 Å². The van der Waals surface area contributed by atoms with Crippen LogP contribution >= 0.6 is 0 Å². The summed E-state index contributed by atoms with van der Waals surface area (Å²) in [7, 11) is -0.983. The third-order valence-electron chi connectivity index (χ3n) is 2.76. The van der Waals surface area contributed by atoms with Gasteiger partial charge in [0.05, 0.1) is 12.7 Å². The fourth-order valence-corrected chi connectivity index (χ4v) is 1.96. The molecule has 0 aliphatic carbocycles. The van der Waals surface area contributed by atoms with Gasteiger partial charge in [-0.25, -0.2) is 0 Å². The molecule has 1 aliphatic rings. The standard InChI is InChI=1S/C11H16BNO4.C2H6/c13-7-10-8-3-1-4-9(16-6-2-5-14)11(8)12(15)17-10;1-2/h1,3-4,10,14-15H,2,5-7,13H2;1-2H3/t10-;/m1./s1. The van der Waals surface area contributed by atoms with Crippen molar-refractivity contribution in [3.8, 4) is 5.75 Å². The Morgan fingerprint density at radius 2 is 2.16 bits per heavy atom. The van der Waals surface area contributed by atoms with Gasteiger partial charge >= 0.3 is 7.12 Å². The maximum absolute atomic E-state index is 9.81. The molecule has 1 atom stereocenters. The molecule has 0 amide bonds. The van der Waals surface area contributed by atoms with Crippen LogP contribution in [0.2, 0.25) is 0 Å². The van der Waals surface area contributed by atoms with Crippen molar-refractivity contribution >= 4 is 12.6 Å². The van der Waals surface area contributed by atoms with Crippen LogP contribution in [0.1, 0.15) is 31.9 Å². The van der Waals surface area contributed by atoms with Crippen molar-refractivity contribution in [2.45, 2.75) is 26.4 Å². The Morgan fingerprint density at radius 1 is 1.42 bits per heavy atom. The van der Waals surface area contributed by atoms with E-state index in [0.29, 0.717) is 30.8 Å². The van der Waals surface area contributed by atoms with E-state index in [0.717, 1.165) is 5.56 Å². The number of hydrogen-bond donors (Lipinski definition) is 3. The molecule has 0 aromatic heterocycles. The molecular formula is C13H22BNO4. The molecule has 2 rings (SSSR count). The van der Waals surface area contributed by atoms with Gasteiger partial charge in [-0.3, -0.25) is 0 Å². The summed E-state index contributed by atoms with van der Waals surface area (Å²) in [6.45, 7) is 4.82. The molecule has 5 nitrogen and oxygen atoms in total. The summed E-state index contributed by atoms with van der Waals surface area (Å²) in [6.07, 6.45) is 0.280. The average molecular weight is 267 g/mol. The molecule has 0 saturated heterocycles. The molecule has 6 heteroatoms. The lowest BCUT2D eigenvalue weighted by atomic mass is 9.78. The number of nitrogens with two attached hydrogens (primary N) is 1. The van der Waals surface area contributed by atoms with Crippen LogP contribution in [0.4, 0.5) is 0 Å². The first-order valence-electron chi connectivity index (χ1n) is 6.68. The van der Waals surface area contributed by atoms with Crippen LogP contribution in [-0.2, 0) is 4.65 Å². The number of rotatable bonds is 5. The van der Waals surface area contributed by atoms with Gasteiger partial charge < -0.3 is 25.3 Å². The Kier molecular flexibility index (Phi) is 6.87. The Hall–Kier alpha value is -1.08. The zero-order valence-corrected chi connectivity index (χ0v) is 11.5. The van der Waals surface area contributed by atoms with Gasteiger partial charge in [0, 0.05) is 25.0 Å². The lowest BCUT2D eigenvalue weighted by Crippen LogP contribution is -2.30. The van der Waals surface area contributed by atoms with E-state index in [4.69, 9.17) is 20.2 Å². The minimum Gasteiger partial charge on any atom is -0.494 e. The first-order valence-corrected chi connectivity index (χ1v) is 6.68. The fourth-order valence-electron chi connectivity index (χ4n) is 1.96. The molecule has 0 fully saturated rings. The van der Waals surface area contributed by atoms with Crippen LogP contribution in [-0.4, -0.2) is 37.0 Å². The van der Waals surface area contributed by atoms with Gasteiger partial charge in [0.25, 0.3) is 0 Å². The molecule has 19 heavy (non-hydrogen) atoms. The second-order valence-corrected chi connectivity index (χ2v) is 3.90. The van der Waals surface area contributed by atoms with Crippen molar-refractivity contribution in [2.24, 2.45) is 5.73 Å². The minimum atomic E-state index is -0.983. The van der Waals surface area contributed by atoms with Gasteiger partial charge in [0.2, 0.25) is 0 Å². The summed E-state index contributed by atoms with van der Waals surface area (Å²) in [5.74, 6) is 0.597. The maximum atomic E-state index is 9.81. The lowest BCUT2D eigenvalue weighted by molar-refractivity contribution is 0.198. The van der Waals surface area contributed by atoms with E-state index in [2.05, 4.69) is 0 Å². The Labute approximate surface area is 114 Å². The number of hydrogen-bond acceptors (Lipinski definition) is 5. The topological polar surface area (TPSA) is 84.9 Å². The molecule has 0 saturated carbocycles. The quantitative estimate of drug-likeness (QED) is 0.524. The lowest BCUT2D eigenvalue weighted by Gasteiger charge is -2.11. The van der Waals surface area contributed by atoms with Crippen LogP contribution in [0.15, 0.2) is 18.2 Å². The van der Waals surface area contributed by atoms with Crippen LogP contribution < -0.4 is 15.9 Å². The van der Waals surface area contributed by atoms with Crippen molar-refractivity contribution < 1.29 is 19.5 Å². The highest BCUT2D eigenvalue weighted by atomic mass is 16.5. The van der Waals surface area contributed by atoms with Crippen LogP contribution in [0.25, 0.3) is 0 Å². The van der Waals surface area contributed by atoms with E-state index in [1.165, 1.54) is 0 Å². The van der Waals surface area contributed by atoms with Gasteiger partial charge in [0.15, 0.2) is 0 Å². The predicted octanol–water partition coefficient (Wildman–Crippen LogP) is 0.192. The normalized spacial score (nSPS) is 16.7. The highest BCUT2D eigenvalue weighted by molar-refractivity contribution is 6.62. The summed E-state index contributed by atoms with van der Waals surface area (Å²) in [6, 6.07) is 5.50. The largest absolute Gasteiger partial charge is 0.495 e. The Bertz CT molecular complexity index is 389. The number of fused-ring (bicyclic) bond motifs is 1. The van der Waals surface area contributed by atoms with Gasteiger partial charge in [-0.15, -0.1) is 0 Å². The first-order chi connectivity index (χ1) is 9.27. The van der Waals surface area contributed by atoms with E-state index in [1.807, 2.05) is 26.0 Å². The number of aliphatic hydroxyl groups excluding tert-OH is 1. The van der Waals surface area contributed by atoms with Crippen molar-refractivity contribution in [1.82, 2.24) is 0 Å². The van der Waals surface area contributed by atoms with Crippen molar-refractivity contribution in [2.75, 3.05) is 19.8 Å². The highest BCUT2D eigenvalue weighted by Gasteiger charge is 2.37. The molecule has 1 heterocycles.